The van der Waals surface area contributed by atoms with Gasteiger partial charge in [0.15, 0.2) is 0 Å². The van der Waals surface area contributed by atoms with Crippen molar-refractivity contribution in [2.75, 3.05) is 24.3 Å². The highest BCUT2D eigenvalue weighted by Crippen LogP contribution is 2.13. The Balaban J connectivity index is 1.64. The van der Waals surface area contributed by atoms with Crippen LogP contribution in [0.25, 0.3) is 0 Å². The fourth-order valence-electron chi connectivity index (χ4n) is 2.54. The summed E-state index contributed by atoms with van der Waals surface area (Å²) in [6, 6.07) is 14.0. The molecule has 0 bridgehead atoms. The molecule has 0 fully saturated rings. The SMILES string of the molecule is CN(C)c1cc(CNC(=O)c2cccc(NC(=O)c3cccnc3)c2)ccn1. The summed E-state index contributed by atoms with van der Waals surface area (Å²) >= 11 is 0. The molecule has 28 heavy (non-hydrogen) atoms. The van der Waals surface area contributed by atoms with Crippen LogP contribution in [0.4, 0.5) is 11.5 Å². The molecular weight excluding hydrogens is 354 g/mol. The summed E-state index contributed by atoms with van der Waals surface area (Å²) in [5.74, 6) is 0.325. The summed E-state index contributed by atoms with van der Waals surface area (Å²) in [4.78, 5) is 34.8. The third kappa shape index (κ3) is 4.91. The highest BCUT2D eigenvalue weighted by atomic mass is 16.2. The first-order chi connectivity index (χ1) is 13.5. The van der Waals surface area contributed by atoms with E-state index in [4.69, 9.17) is 0 Å². The minimum Gasteiger partial charge on any atom is -0.363 e. The Morgan fingerprint density at radius 3 is 2.54 bits per heavy atom. The van der Waals surface area contributed by atoms with Gasteiger partial charge in [0.1, 0.15) is 5.82 Å². The number of benzene rings is 1. The van der Waals surface area contributed by atoms with Crippen molar-refractivity contribution >= 4 is 23.3 Å². The maximum absolute atomic E-state index is 12.5. The van der Waals surface area contributed by atoms with Gasteiger partial charge in [0.25, 0.3) is 11.8 Å². The molecule has 3 aromatic rings. The third-order valence-corrected chi connectivity index (χ3v) is 4.03. The van der Waals surface area contributed by atoms with E-state index in [1.165, 1.54) is 6.20 Å². The van der Waals surface area contributed by atoms with E-state index in [-0.39, 0.29) is 11.8 Å². The lowest BCUT2D eigenvalue weighted by Gasteiger charge is -2.12. The van der Waals surface area contributed by atoms with Crippen molar-refractivity contribution in [2.45, 2.75) is 6.54 Å². The largest absolute Gasteiger partial charge is 0.363 e. The first kappa shape index (κ1) is 19.0. The van der Waals surface area contributed by atoms with E-state index in [1.54, 1.807) is 48.8 Å². The van der Waals surface area contributed by atoms with Crippen molar-refractivity contribution in [3.05, 3.63) is 83.8 Å². The van der Waals surface area contributed by atoms with Crippen LogP contribution in [-0.4, -0.2) is 35.9 Å². The van der Waals surface area contributed by atoms with Crippen LogP contribution in [0.1, 0.15) is 26.3 Å². The molecule has 0 radical (unpaired) electrons. The Morgan fingerprint density at radius 1 is 0.964 bits per heavy atom. The van der Waals surface area contributed by atoms with Gasteiger partial charge in [-0.25, -0.2) is 4.98 Å². The van der Waals surface area contributed by atoms with E-state index in [1.807, 2.05) is 31.1 Å². The number of aromatic nitrogens is 2. The van der Waals surface area contributed by atoms with Gasteiger partial charge in [-0.3, -0.25) is 14.6 Å². The number of rotatable bonds is 6. The number of pyridine rings is 2. The maximum atomic E-state index is 12.5. The number of hydrogen-bond donors (Lipinski definition) is 2. The van der Waals surface area contributed by atoms with E-state index in [9.17, 15) is 9.59 Å². The van der Waals surface area contributed by atoms with E-state index in [0.717, 1.165) is 11.4 Å². The molecule has 0 atom stereocenters. The van der Waals surface area contributed by atoms with Crippen LogP contribution in [0.5, 0.6) is 0 Å². The number of anilines is 2. The number of nitrogens with zero attached hydrogens (tertiary/aromatic N) is 3. The summed E-state index contributed by atoms with van der Waals surface area (Å²) in [6.45, 7) is 0.383. The van der Waals surface area contributed by atoms with Crippen LogP contribution >= 0.6 is 0 Å². The minimum atomic E-state index is -0.279. The van der Waals surface area contributed by atoms with Crippen molar-refractivity contribution in [2.24, 2.45) is 0 Å². The van der Waals surface area contributed by atoms with Gasteiger partial charge in [0.2, 0.25) is 0 Å². The first-order valence-electron chi connectivity index (χ1n) is 8.75. The predicted molar refractivity (Wildman–Crippen MR) is 108 cm³/mol. The highest BCUT2D eigenvalue weighted by Gasteiger charge is 2.10. The fourth-order valence-corrected chi connectivity index (χ4v) is 2.54. The van der Waals surface area contributed by atoms with Gasteiger partial charge in [-0.05, 0) is 48.0 Å². The Kier molecular flexibility index (Phi) is 5.96. The lowest BCUT2D eigenvalue weighted by Crippen LogP contribution is -2.23. The zero-order chi connectivity index (χ0) is 19.9. The quantitative estimate of drug-likeness (QED) is 0.692. The predicted octanol–water partition coefficient (Wildman–Crippen LogP) is 2.72. The topological polar surface area (TPSA) is 87.2 Å². The van der Waals surface area contributed by atoms with Gasteiger partial charge < -0.3 is 15.5 Å². The zero-order valence-corrected chi connectivity index (χ0v) is 15.7. The number of carbonyl (C=O) groups excluding carboxylic acids is 2. The van der Waals surface area contributed by atoms with Crippen LogP contribution in [0.15, 0.2) is 67.1 Å². The summed E-state index contributed by atoms with van der Waals surface area (Å²) in [5, 5.41) is 5.66. The van der Waals surface area contributed by atoms with Crippen LogP contribution in [-0.2, 0) is 6.54 Å². The van der Waals surface area contributed by atoms with Crippen LogP contribution in [0.3, 0.4) is 0 Å². The van der Waals surface area contributed by atoms with Gasteiger partial charge in [0, 0.05) is 50.5 Å². The maximum Gasteiger partial charge on any atom is 0.257 e. The molecule has 0 aliphatic carbocycles. The Hall–Kier alpha value is -3.74. The molecule has 2 heterocycles. The van der Waals surface area contributed by atoms with Crippen LogP contribution in [0, 0.1) is 0 Å². The first-order valence-corrected chi connectivity index (χ1v) is 8.75. The molecule has 1 aromatic carbocycles. The molecule has 0 aliphatic heterocycles. The van der Waals surface area contributed by atoms with Crippen molar-refractivity contribution < 1.29 is 9.59 Å². The lowest BCUT2D eigenvalue weighted by molar-refractivity contribution is 0.0949. The second-order valence-corrected chi connectivity index (χ2v) is 6.38. The van der Waals surface area contributed by atoms with Crippen LogP contribution < -0.4 is 15.5 Å². The van der Waals surface area contributed by atoms with Gasteiger partial charge >= 0.3 is 0 Å². The molecule has 142 valence electrons. The fraction of sp³-hybridized carbons (Fsp3) is 0.143. The minimum absolute atomic E-state index is 0.222. The van der Waals surface area contributed by atoms with E-state index < -0.39 is 0 Å². The van der Waals surface area contributed by atoms with Gasteiger partial charge in [-0.2, -0.15) is 0 Å². The monoisotopic (exact) mass is 375 g/mol. The number of hydrogen-bond acceptors (Lipinski definition) is 5. The number of nitrogens with one attached hydrogen (secondary N) is 2. The summed E-state index contributed by atoms with van der Waals surface area (Å²) in [5.41, 5.74) is 2.41. The molecule has 0 saturated heterocycles. The van der Waals surface area contributed by atoms with E-state index in [2.05, 4.69) is 20.6 Å². The van der Waals surface area contributed by atoms with E-state index >= 15 is 0 Å². The molecule has 3 rings (SSSR count). The second kappa shape index (κ2) is 8.77. The highest BCUT2D eigenvalue weighted by molar-refractivity contribution is 6.04. The number of carbonyl (C=O) groups is 2. The van der Waals surface area contributed by atoms with Crippen molar-refractivity contribution in [1.82, 2.24) is 15.3 Å². The normalized spacial score (nSPS) is 10.2. The molecule has 0 unspecified atom stereocenters. The second-order valence-electron chi connectivity index (χ2n) is 6.38. The Bertz CT molecular complexity index is 973. The van der Waals surface area contributed by atoms with Crippen LogP contribution in [0.2, 0.25) is 0 Å². The lowest BCUT2D eigenvalue weighted by atomic mass is 10.1. The summed E-state index contributed by atoms with van der Waals surface area (Å²) in [6.07, 6.45) is 4.81. The smallest absolute Gasteiger partial charge is 0.257 e. The summed E-state index contributed by atoms with van der Waals surface area (Å²) < 4.78 is 0. The van der Waals surface area contributed by atoms with E-state index in [0.29, 0.717) is 23.4 Å². The molecule has 7 heteroatoms. The zero-order valence-electron chi connectivity index (χ0n) is 15.7. The van der Waals surface area contributed by atoms with Crippen molar-refractivity contribution in [1.29, 1.82) is 0 Å². The molecule has 0 spiro atoms. The standard InChI is InChI=1S/C21H21N5O2/c1-26(2)19-11-15(8-10-23-19)13-24-20(27)16-5-3-7-18(12-16)25-21(28)17-6-4-9-22-14-17/h3-12,14H,13H2,1-2H3,(H,24,27)(H,25,28). The van der Waals surface area contributed by atoms with Gasteiger partial charge in [0.05, 0.1) is 5.56 Å². The van der Waals surface area contributed by atoms with Crippen molar-refractivity contribution in [3.63, 3.8) is 0 Å². The molecule has 7 nitrogen and oxygen atoms in total. The average molecular weight is 375 g/mol. The average Bonchev–Trinajstić information content (AvgIpc) is 2.73. The van der Waals surface area contributed by atoms with Crippen molar-refractivity contribution in [3.8, 4) is 0 Å². The Morgan fingerprint density at radius 2 is 1.79 bits per heavy atom. The molecular formula is C21H21N5O2. The molecule has 2 N–H and O–H groups in total. The molecule has 0 aliphatic rings. The molecule has 2 amide bonds. The third-order valence-electron chi connectivity index (χ3n) is 4.03. The van der Waals surface area contributed by atoms with Gasteiger partial charge in [-0.1, -0.05) is 6.07 Å². The Labute approximate surface area is 163 Å². The van der Waals surface area contributed by atoms with Gasteiger partial charge in [-0.15, -0.1) is 0 Å². The summed E-state index contributed by atoms with van der Waals surface area (Å²) in [7, 11) is 3.83. The molecule has 0 saturated carbocycles. The number of amides is 2. The molecule has 2 aromatic heterocycles.